The minimum Gasteiger partial charge on any atom is -0.495 e. The minimum absolute atomic E-state index is 0.263. The van der Waals surface area contributed by atoms with E-state index in [4.69, 9.17) is 10.5 Å². The number of aryl methyl sites for hydroxylation is 1. The molecule has 2 aromatic carbocycles. The number of hydrogen-bond acceptors (Lipinski definition) is 5. The van der Waals surface area contributed by atoms with E-state index in [0.717, 1.165) is 22.4 Å². The third-order valence-corrected chi connectivity index (χ3v) is 3.63. The highest BCUT2D eigenvalue weighted by molar-refractivity contribution is 5.76. The number of nitrogens with one attached hydrogen (secondary N) is 1. The highest BCUT2D eigenvalue weighted by atomic mass is 19.1. The van der Waals surface area contributed by atoms with Crippen molar-refractivity contribution in [1.82, 2.24) is 9.97 Å². The van der Waals surface area contributed by atoms with Gasteiger partial charge in [-0.3, -0.25) is 0 Å². The van der Waals surface area contributed by atoms with E-state index in [-0.39, 0.29) is 5.82 Å². The lowest BCUT2D eigenvalue weighted by atomic mass is 9.99. The van der Waals surface area contributed by atoms with Crippen molar-refractivity contribution < 1.29 is 9.13 Å². The number of nitrogen functional groups attached to an aromatic ring is 1. The SMILES string of the molecule is COc1cc(-c2ccc(F)cc2)c(C)cc1Nc1nccc(N)n1. The van der Waals surface area contributed by atoms with Crippen LogP contribution in [0.3, 0.4) is 0 Å². The molecule has 0 fully saturated rings. The number of rotatable bonds is 4. The van der Waals surface area contributed by atoms with Gasteiger partial charge in [0, 0.05) is 6.20 Å². The Bertz CT molecular complexity index is 865. The highest BCUT2D eigenvalue weighted by Gasteiger charge is 2.11. The molecule has 0 amide bonds. The Morgan fingerprint density at radius 3 is 2.54 bits per heavy atom. The standard InChI is InChI=1S/C18H17FN4O/c1-11-9-15(22-18-21-8-7-17(20)23-18)16(24-2)10-14(11)12-3-5-13(19)6-4-12/h3-10H,1-2H3,(H3,20,21,22,23). The lowest BCUT2D eigenvalue weighted by Crippen LogP contribution is -2.02. The summed E-state index contributed by atoms with van der Waals surface area (Å²) in [7, 11) is 1.59. The molecular formula is C18H17FN4O. The minimum atomic E-state index is -0.263. The van der Waals surface area contributed by atoms with E-state index in [2.05, 4.69) is 15.3 Å². The summed E-state index contributed by atoms with van der Waals surface area (Å²) >= 11 is 0. The fourth-order valence-electron chi connectivity index (χ4n) is 2.45. The Kier molecular flexibility index (Phi) is 4.29. The van der Waals surface area contributed by atoms with E-state index in [1.165, 1.54) is 12.1 Å². The topological polar surface area (TPSA) is 73.1 Å². The number of anilines is 3. The first-order valence-electron chi connectivity index (χ1n) is 7.37. The molecule has 24 heavy (non-hydrogen) atoms. The Labute approximate surface area is 139 Å². The van der Waals surface area contributed by atoms with Gasteiger partial charge < -0.3 is 15.8 Å². The van der Waals surface area contributed by atoms with Crippen molar-refractivity contribution in [3.8, 4) is 16.9 Å². The van der Waals surface area contributed by atoms with Crippen molar-refractivity contribution in [3.05, 3.63) is 60.0 Å². The van der Waals surface area contributed by atoms with Crippen LogP contribution in [0.15, 0.2) is 48.7 Å². The van der Waals surface area contributed by atoms with E-state index in [0.29, 0.717) is 17.5 Å². The molecule has 0 saturated heterocycles. The molecule has 0 aliphatic carbocycles. The Morgan fingerprint density at radius 1 is 1.12 bits per heavy atom. The molecule has 0 saturated carbocycles. The van der Waals surface area contributed by atoms with Gasteiger partial charge in [0.25, 0.3) is 0 Å². The zero-order chi connectivity index (χ0) is 17.1. The molecule has 5 nitrogen and oxygen atoms in total. The monoisotopic (exact) mass is 324 g/mol. The van der Waals surface area contributed by atoms with Gasteiger partial charge >= 0.3 is 0 Å². The predicted octanol–water partition coefficient (Wildman–Crippen LogP) is 3.93. The summed E-state index contributed by atoms with van der Waals surface area (Å²) in [6, 6.07) is 11.8. The molecule has 3 aromatic rings. The number of hydrogen-bond donors (Lipinski definition) is 2. The number of aromatic nitrogens is 2. The fraction of sp³-hybridized carbons (Fsp3) is 0.111. The zero-order valence-corrected chi connectivity index (χ0v) is 13.4. The van der Waals surface area contributed by atoms with Crippen LogP contribution in [-0.2, 0) is 0 Å². The Hall–Kier alpha value is -3.15. The van der Waals surface area contributed by atoms with Gasteiger partial charge in [-0.2, -0.15) is 4.98 Å². The van der Waals surface area contributed by atoms with E-state index < -0.39 is 0 Å². The second-order valence-corrected chi connectivity index (χ2v) is 5.30. The molecule has 0 radical (unpaired) electrons. The average Bonchev–Trinajstić information content (AvgIpc) is 2.56. The van der Waals surface area contributed by atoms with Gasteiger partial charge in [0.2, 0.25) is 5.95 Å². The zero-order valence-electron chi connectivity index (χ0n) is 13.4. The molecule has 0 aliphatic rings. The molecule has 0 unspecified atom stereocenters. The van der Waals surface area contributed by atoms with Crippen molar-refractivity contribution in [2.45, 2.75) is 6.92 Å². The number of nitrogens with zero attached hydrogens (tertiary/aromatic N) is 2. The highest BCUT2D eigenvalue weighted by Crippen LogP contribution is 2.35. The van der Waals surface area contributed by atoms with E-state index in [1.54, 1.807) is 31.5 Å². The van der Waals surface area contributed by atoms with Crippen LogP contribution in [0.2, 0.25) is 0 Å². The van der Waals surface area contributed by atoms with Gasteiger partial charge in [-0.25, -0.2) is 9.37 Å². The van der Waals surface area contributed by atoms with Gasteiger partial charge in [0.15, 0.2) is 0 Å². The smallest absolute Gasteiger partial charge is 0.229 e. The van der Waals surface area contributed by atoms with Gasteiger partial charge in [0.05, 0.1) is 12.8 Å². The van der Waals surface area contributed by atoms with Crippen molar-refractivity contribution in [2.75, 3.05) is 18.2 Å². The average molecular weight is 324 g/mol. The summed E-state index contributed by atoms with van der Waals surface area (Å²) in [5.74, 6) is 1.14. The van der Waals surface area contributed by atoms with Crippen LogP contribution in [0.5, 0.6) is 5.75 Å². The summed E-state index contributed by atoms with van der Waals surface area (Å²) in [5, 5.41) is 3.11. The number of ether oxygens (including phenoxy) is 1. The quantitative estimate of drug-likeness (QED) is 0.761. The lowest BCUT2D eigenvalue weighted by Gasteiger charge is -2.15. The molecule has 0 spiro atoms. The van der Waals surface area contributed by atoms with Crippen LogP contribution in [0.1, 0.15) is 5.56 Å². The van der Waals surface area contributed by atoms with Gasteiger partial charge in [0.1, 0.15) is 17.4 Å². The van der Waals surface area contributed by atoms with Gasteiger partial charge in [-0.1, -0.05) is 12.1 Å². The number of methoxy groups -OCH3 is 1. The Balaban J connectivity index is 2.00. The maximum absolute atomic E-state index is 13.1. The summed E-state index contributed by atoms with van der Waals surface area (Å²) < 4.78 is 18.6. The van der Waals surface area contributed by atoms with Crippen LogP contribution >= 0.6 is 0 Å². The van der Waals surface area contributed by atoms with Crippen LogP contribution in [0.25, 0.3) is 11.1 Å². The first-order valence-corrected chi connectivity index (χ1v) is 7.37. The molecule has 1 heterocycles. The lowest BCUT2D eigenvalue weighted by molar-refractivity contribution is 0.417. The van der Waals surface area contributed by atoms with E-state index in [9.17, 15) is 4.39 Å². The molecule has 0 bridgehead atoms. The second-order valence-electron chi connectivity index (χ2n) is 5.30. The fourth-order valence-corrected chi connectivity index (χ4v) is 2.45. The van der Waals surface area contributed by atoms with Crippen molar-refractivity contribution >= 4 is 17.5 Å². The Morgan fingerprint density at radius 2 is 1.88 bits per heavy atom. The summed E-state index contributed by atoms with van der Waals surface area (Å²) in [6.45, 7) is 1.98. The third-order valence-electron chi connectivity index (χ3n) is 3.63. The molecule has 122 valence electrons. The third kappa shape index (κ3) is 3.27. The van der Waals surface area contributed by atoms with Gasteiger partial charge in [-0.15, -0.1) is 0 Å². The number of nitrogens with two attached hydrogens (primary N) is 1. The molecule has 6 heteroatoms. The molecule has 0 atom stereocenters. The second kappa shape index (κ2) is 6.54. The number of benzene rings is 2. The molecule has 3 N–H and O–H groups in total. The maximum atomic E-state index is 13.1. The van der Waals surface area contributed by atoms with E-state index in [1.807, 2.05) is 19.1 Å². The molecule has 0 aliphatic heterocycles. The predicted molar refractivity (Wildman–Crippen MR) is 92.9 cm³/mol. The summed E-state index contributed by atoms with van der Waals surface area (Å²) in [4.78, 5) is 8.25. The van der Waals surface area contributed by atoms with Crippen molar-refractivity contribution in [2.24, 2.45) is 0 Å². The number of halogens is 1. The largest absolute Gasteiger partial charge is 0.495 e. The van der Waals surface area contributed by atoms with Crippen LogP contribution < -0.4 is 15.8 Å². The molecule has 3 rings (SSSR count). The molecular weight excluding hydrogens is 307 g/mol. The normalized spacial score (nSPS) is 10.5. The van der Waals surface area contributed by atoms with Crippen LogP contribution in [-0.4, -0.2) is 17.1 Å². The first kappa shape index (κ1) is 15.7. The first-order chi connectivity index (χ1) is 11.6. The maximum Gasteiger partial charge on any atom is 0.229 e. The van der Waals surface area contributed by atoms with Crippen LogP contribution in [0.4, 0.5) is 21.8 Å². The summed E-state index contributed by atoms with van der Waals surface area (Å²) in [5.41, 5.74) is 9.29. The molecule has 1 aromatic heterocycles. The summed E-state index contributed by atoms with van der Waals surface area (Å²) in [6.07, 6.45) is 1.58. The van der Waals surface area contributed by atoms with Crippen molar-refractivity contribution in [3.63, 3.8) is 0 Å². The van der Waals surface area contributed by atoms with Crippen LogP contribution in [0, 0.1) is 12.7 Å². The van der Waals surface area contributed by atoms with Crippen molar-refractivity contribution in [1.29, 1.82) is 0 Å². The van der Waals surface area contributed by atoms with Gasteiger partial charge in [-0.05, 0) is 53.9 Å². The van der Waals surface area contributed by atoms with E-state index >= 15 is 0 Å².